The van der Waals surface area contributed by atoms with E-state index in [1.807, 2.05) is 12.1 Å². The van der Waals surface area contributed by atoms with Crippen LogP contribution in [0.15, 0.2) is 24.3 Å². The monoisotopic (exact) mass is 236 g/mol. The van der Waals surface area contributed by atoms with Crippen LogP contribution in [-0.2, 0) is 20.7 Å². The summed E-state index contributed by atoms with van der Waals surface area (Å²) in [5.74, 6) is -0.0294. The van der Waals surface area contributed by atoms with Crippen molar-refractivity contribution in [2.24, 2.45) is 0 Å². The van der Waals surface area contributed by atoms with E-state index >= 15 is 0 Å². The minimum absolute atomic E-state index is 0.198. The van der Waals surface area contributed by atoms with Crippen LogP contribution in [0.1, 0.15) is 25.8 Å². The Labute approximate surface area is 101 Å². The van der Waals surface area contributed by atoms with Crippen LogP contribution in [0.4, 0.5) is 0 Å². The van der Waals surface area contributed by atoms with E-state index in [9.17, 15) is 9.59 Å². The van der Waals surface area contributed by atoms with Crippen LogP contribution in [0.5, 0.6) is 5.75 Å². The molecule has 0 aliphatic carbocycles. The molecule has 0 aliphatic rings. The number of carbonyl (C=O) groups excluding carboxylic acids is 2. The molecule has 1 aromatic rings. The molecule has 0 amide bonds. The predicted molar refractivity (Wildman–Crippen MR) is 62.7 cm³/mol. The average molecular weight is 236 g/mol. The minimum atomic E-state index is -0.343. The fraction of sp³-hybridized carbons (Fsp3) is 0.385. The first kappa shape index (κ1) is 13.2. The van der Waals surface area contributed by atoms with Crippen molar-refractivity contribution in [3.05, 3.63) is 29.8 Å². The molecular formula is C13H16O4. The third-order valence-electron chi connectivity index (χ3n) is 2.11. The van der Waals surface area contributed by atoms with Crippen LogP contribution in [0.3, 0.4) is 0 Å². The zero-order chi connectivity index (χ0) is 12.7. The van der Waals surface area contributed by atoms with Gasteiger partial charge in [-0.1, -0.05) is 12.1 Å². The fourth-order valence-electron chi connectivity index (χ4n) is 1.37. The molecule has 92 valence electrons. The maximum Gasteiger partial charge on any atom is 0.308 e. The van der Waals surface area contributed by atoms with E-state index < -0.39 is 0 Å². The molecule has 0 atom stereocenters. The number of ether oxygens (including phenoxy) is 2. The topological polar surface area (TPSA) is 52.6 Å². The summed E-state index contributed by atoms with van der Waals surface area (Å²) in [5, 5.41) is 0. The SMILES string of the molecule is CCOC(=O)CCc1ccc(OC(C)=O)cc1. The maximum atomic E-state index is 11.1. The first-order valence-electron chi connectivity index (χ1n) is 5.54. The molecule has 0 bridgehead atoms. The number of hydrogen-bond donors (Lipinski definition) is 0. The van der Waals surface area contributed by atoms with Gasteiger partial charge in [0.15, 0.2) is 0 Å². The molecule has 0 spiro atoms. The number of benzene rings is 1. The molecule has 4 heteroatoms. The summed E-state index contributed by atoms with van der Waals surface area (Å²) in [6, 6.07) is 7.08. The number of aryl methyl sites for hydroxylation is 1. The van der Waals surface area contributed by atoms with E-state index in [1.54, 1.807) is 19.1 Å². The molecule has 0 radical (unpaired) electrons. The van der Waals surface area contributed by atoms with E-state index in [4.69, 9.17) is 9.47 Å². The number of hydrogen-bond acceptors (Lipinski definition) is 4. The Morgan fingerprint density at radius 1 is 1.18 bits per heavy atom. The Balaban J connectivity index is 2.45. The van der Waals surface area contributed by atoms with Crippen molar-refractivity contribution < 1.29 is 19.1 Å². The van der Waals surface area contributed by atoms with Gasteiger partial charge in [0.05, 0.1) is 6.61 Å². The van der Waals surface area contributed by atoms with Crippen molar-refractivity contribution in [2.45, 2.75) is 26.7 Å². The van der Waals surface area contributed by atoms with Gasteiger partial charge in [-0.15, -0.1) is 0 Å². The molecule has 17 heavy (non-hydrogen) atoms. The highest BCUT2D eigenvalue weighted by atomic mass is 16.5. The quantitative estimate of drug-likeness (QED) is 0.580. The molecule has 1 aromatic carbocycles. The lowest BCUT2D eigenvalue weighted by Crippen LogP contribution is -2.05. The Morgan fingerprint density at radius 2 is 1.82 bits per heavy atom. The van der Waals surface area contributed by atoms with E-state index in [-0.39, 0.29) is 11.9 Å². The highest BCUT2D eigenvalue weighted by molar-refractivity contribution is 5.70. The van der Waals surface area contributed by atoms with Gasteiger partial charge < -0.3 is 9.47 Å². The summed E-state index contributed by atoms with van der Waals surface area (Å²) in [6.45, 7) is 3.55. The van der Waals surface area contributed by atoms with E-state index in [0.717, 1.165) is 5.56 Å². The number of esters is 2. The van der Waals surface area contributed by atoms with Crippen molar-refractivity contribution in [1.82, 2.24) is 0 Å². The molecule has 0 saturated heterocycles. The van der Waals surface area contributed by atoms with Crippen molar-refractivity contribution >= 4 is 11.9 Å². The summed E-state index contributed by atoms with van der Waals surface area (Å²) in [6.07, 6.45) is 0.986. The van der Waals surface area contributed by atoms with Gasteiger partial charge in [0.25, 0.3) is 0 Å². The zero-order valence-corrected chi connectivity index (χ0v) is 10.1. The summed E-state index contributed by atoms with van der Waals surface area (Å²) < 4.78 is 9.73. The Bertz CT molecular complexity index is 381. The Kier molecular flexibility index (Phi) is 5.20. The van der Waals surface area contributed by atoms with Crippen molar-refractivity contribution in [1.29, 1.82) is 0 Å². The maximum absolute atomic E-state index is 11.1. The zero-order valence-electron chi connectivity index (χ0n) is 10.1. The average Bonchev–Trinajstić information content (AvgIpc) is 2.28. The first-order chi connectivity index (χ1) is 8.11. The second kappa shape index (κ2) is 6.68. The summed E-state index contributed by atoms with van der Waals surface area (Å²) in [5.41, 5.74) is 1.01. The van der Waals surface area contributed by atoms with Crippen LogP contribution in [0.2, 0.25) is 0 Å². The molecule has 0 N–H and O–H groups in total. The molecule has 0 fully saturated rings. The van der Waals surface area contributed by atoms with Gasteiger partial charge in [-0.3, -0.25) is 9.59 Å². The van der Waals surface area contributed by atoms with E-state index in [0.29, 0.717) is 25.2 Å². The van der Waals surface area contributed by atoms with E-state index in [2.05, 4.69) is 0 Å². The molecule has 0 aromatic heterocycles. The van der Waals surface area contributed by atoms with Gasteiger partial charge >= 0.3 is 11.9 Å². The lowest BCUT2D eigenvalue weighted by atomic mass is 10.1. The van der Waals surface area contributed by atoms with Crippen LogP contribution in [0, 0.1) is 0 Å². The normalized spacial score (nSPS) is 9.76. The largest absolute Gasteiger partial charge is 0.466 e. The Morgan fingerprint density at radius 3 is 2.35 bits per heavy atom. The summed E-state index contributed by atoms with van der Waals surface area (Å²) >= 11 is 0. The lowest BCUT2D eigenvalue weighted by molar-refractivity contribution is -0.143. The van der Waals surface area contributed by atoms with Gasteiger partial charge in [0, 0.05) is 13.3 Å². The summed E-state index contributed by atoms with van der Waals surface area (Å²) in [4.78, 5) is 21.8. The van der Waals surface area contributed by atoms with Crippen LogP contribution < -0.4 is 4.74 Å². The lowest BCUT2D eigenvalue weighted by Gasteiger charge is -2.04. The molecule has 4 nitrogen and oxygen atoms in total. The Hall–Kier alpha value is -1.84. The standard InChI is InChI=1S/C13H16O4/c1-3-16-13(15)9-6-11-4-7-12(8-5-11)17-10(2)14/h4-5,7-8H,3,6,9H2,1-2H3. The summed E-state index contributed by atoms with van der Waals surface area (Å²) in [7, 11) is 0. The molecule has 1 rings (SSSR count). The van der Waals surface area contributed by atoms with Crippen molar-refractivity contribution in [3.8, 4) is 5.75 Å². The fourth-order valence-corrected chi connectivity index (χ4v) is 1.37. The molecule has 0 saturated carbocycles. The second-order valence-electron chi connectivity index (χ2n) is 3.54. The van der Waals surface area contributed by atoms with Crippen molar-refractivity contribution in [2.75, 3.05) is 6.61 Å². The first-order valence-corrected chi connectivity index (χ1v) is 5.54. The van der Waals surface area contributed by atoms with Crippen molar-refractivity contribution in [3.63, 3.8) is 0 Å². The van der Waals surface area contributed by atoms with Crippen LogP contribution in [-0.4, -0.2) is 18.5 Å². The highest BCUT2D eigenvalue weighted by Gasteiger charge is 2.03. The van der Waals surface area contributed by atoms with Crippen LogP contribution in [0.25, 0.3) is 0 Å². The smallest absolute Gasteiger partial charge is 0.308 e. The third kappa shape index (κ3) is 5.15. The van der Waals surface area contributed by atoms with Gasteiger partial charge in [0.1, 0.15) is 5.75 Å². The number of carbonyl (C=O) groups is 2. The molecule has 0 unspecified atom stereocenters. The molecular weight excluding hydrogens is 220 g/mol. The number of rotatable bonds is 5. The molecule has 0 aliphatic heterocycles. The van der Waals surface area contributed by atoms with Gasteiger partial charge in [-0.25, -0.2) is 0 Å². The predicted octanol–water partition coefficient (Wildman–Crippen LogP) is 2.11. The minimum Gasteiger partial charge on any atom is -0.466 e. The van der Waals surface area contributed by atoms with Gasteiger partial charge in [-0.05, 0) is 31.0 Å². The highest BCUT2D eigenvalue weighted by Crippen LogP contribution is 2.13. The van der Waals surface area contributed by atoms with E-state index in [1.165, 1.54) is 6.92 Å². The second-order valence-corrected chi connectivity index (χ2v) is 3.54. The molecule has 0 heterocycles. The van der Waals surface area contributed by atoms with Gasteiger partial charge in [0.2, 0.25) is 0 Å². The van der Waals surface area contributed by atoms with Gasteiger partial charge in [-0.2, -0.15) is 0 Å². The third-order valence-corrected chi connectivity index (χ3v) is 2.11. The van der Waals surface area contributed by atoms with Crippen LogP contribution >= 0.6 is 0 Å².